The molecule has 0 fully saturated rings. The van der Waals surface area contributed by atoms with Crippen molar-refractivity contribution in [3.8, 4) is 0 Å². The van der Waals surface area contributed by atoms with Crippen LogP contribution in [0.3, 0.4) is 0 Å². The number of hydrogen-bond donors (Lipinski definition) is 0. The van der Waals surface area contributed by atoms with Crippen molar-refractivity contribution in [1.82, 2.24) is 4.98 Å². The molecule has 0 unspecified atom stereocenters. The van der Waals surface area contributed by atoms with Crippen LogP contribution in [0.25, 0.3) is 0 Å². The Balaban J connectivity index is 3.44. The Bertz CT molecular complexity index is 388. The van der Waals surface area contributed by atoms with Crippen LogP contribution < -0.4 is 0 Å². The van der Waals surface area contributed by atoms with E-state index in [-0.39, 0.29) is 8.72 Å². The fourth-order valence-electron chi connectivity index (χ4n) is 0.828. The van der Waals surface area contributed by atoms with Gasteiger partial charge < -0.3 is 0 Å². The third-order valence-electron chi connectivity index (χ3n) is 1.33. The Kier molecular flexibility index (Phi) is 3.53. The predicted molar refractivity (Wildman–Crippen MR) is 53.6 cm³/mol. The summed E-state index contributed by atoms with van der Waals surface area (Å²) in [5, 5.41) is 10.1. The highest BCUT2D eigenvalue weighted by molar-refractivity contribution is 14.1. The van der Waals surface area contributed by atoms with E-state index in [0.717, 1.165) is 6.07 Å². The van der Waals surface area contributed by atoms with Crippen molar-refractivity contribution in [3.05, 3.63) is 30.6 Å². The molecule has 0 aromatic carbocycles. The molecular formula is C6H2ClF2IN2O2. The number of aromatic nitrogens is 1. The van der Waals surface area contributed by atoms with Crippen LogP contribution in [-0.2, 0) is 0 Å². The highest BCUT2D eigenvalue weighted by atomic mass is 127. The standard InChI is InChI=1S/C6H2ClF2IN2O2/c7-2-1-3(10)11-4(6(8)9)5(2)12(13)14/h1,6H. The molecule has 8 heteroatoms. The van der Waals surface area contributed by atoms with Crippen LogP contribution >= 0.6 is 34.2 Å². The van der Waals surface area contributed by atoms with E-state index in [9.17, 15) is 18.9 Å². The quantitative estimate of drug-likeness (QED) is 0.361. The topological polar surface area (TPSA) is 56.0 Å². The van der Waals surface area contributed by atoms with Crippen molar-refractivity contribution in [2.75, 3.05) is 0 Å². The molecule has 0 bridgehead atoms. The number of nitro groups is 1. The maximum atomic E-state index is 12.3. The van der Waals surface area contributed by atoms with E-state index in [2.05, 4.69) is 4.98 Å². The van der Waals surface area contributed by atoms with Gasteiger partial charge in [-0.25, -0.2) is 13.8 Å². The predicted octanol–water partition coefficient (Wildman–Crippen LogP) is 3.19. The zero-order chi connectivity index (χ0) is 10.9. The van der Waals surface area contributed by atoms with Crippen LogP contribution in [0.4, 0.5) is 14.5 Å². The smallest absolute Gasteiger partial charge is 0.258 e. The number of alkyl halides is 2. The molecule has 14 heavy (non-hydrogen) atoms. The van der Waals surface area contributed by atoms with E-state index >= 15 is 0 Å². The Hall–Kier alpha value is -0.570. The normalized spacial score (nSPS) is 10.6. The fourth-order valence-corrected chi connectivity index (χ4v) is 1.85. The molecule has 0 saturated heterocycles. The van der Waals surface area contributed by atoms with Crippen LogP contribution in [0.5, 0.6) is 0 Å². The lowest BCUT2D eigenvalue weighted by molar-refractivity contribution is -0.386. The van der Waals surface area contributed by atoms with Gasteiger partial charge in [-0.3, -0.25) is 10.1 Å². The first-order valence-electron chi connectivity index (χ1n) is 3.22. The van der Waals surface area contributed by atoms with E-state index in [1.54, 1.807) is 22.6 Å². The Labute approximate surface area is 95.6 Å². The van der Waals surface area contributed by atoms with E-state index in [4.69, 9.17) is 11.6 Å². The summed E-state index contributed by atoms with van der Waals surface area (Å²) in [7, 11) is 0. The summed E-state index contributed by atoms with van der Waals surface area (Å²) < 4.78 is 24.8. The van der Waals surface area contributed by atoms with Crippen molar-refractivity contribution in [3.63, 3.8) is 0 Å². The first-order chi connectivity index (χ1) is 6.43. The lowest BCUT2D eigenvalue weighted by atomic mass is 10.3. The minimum absolute atomic E-state index is 0.188. The monoisotopic (exact) mass is 334 g/mol. The molecule has 0 amide bonds. The second-order valence-corrected chi connectivity index (χ2v) is 3.73. The molecule has 1 aromatic heterocycles. The molecule has 1 rings (SSSR count). The zero-order valence-electron chi connectivity index (χ0n) is 6.38. The van der Waals surface area contributed by atoms with Crippen LogP contribution in [-0.4, -0.2) is 9.91 Å². The third-order valence-corrected chi connectivity index (χ3v) is 2.17. The molecule has 0 saturated carbocycles. The highest BCUT2D eigenvalue weighted by Crippen LogP contribution is 2.34. The number of rotatable bonds is 2. The molecule has 0 N–H and O–H groups in total. The van der Waals surface area contributed by atoms with Gasteiger partial charge in [-0.2, -0.15) is 0 Å². The fraction of sp³-hybridized carbons (Fsp3) is 0.167. The second kappa shape index (κ2) is 4.30. The van der Waals surface area contributed by atoms with Crippen molar-refractivity contribution in [2.24, 2.45) is 0 Å². The van der Waals surface area contributed by atoms with E-state index in [1.807, 2.05) is 0 Å². The average molecular weight is 334 g/mol. The van der Waals surface area contributed by atoms with Crippen molar-refractivity contribution in [2.45, 2.75) is 6.43 Å². The van der Waals surface area contributed by atoms with Crippen LogP contribution in [0.2, 0.25) is 5.02 Å². The highest BCUT2D eigenvalue weighted by Gasteiger charge is 2.27. The van der Waals surface area contributed by atoms with Gasteiger partial charge in [0.2, 0.25) is 0 Å². The number of halogens is 4. The molecule has 0 atom stereocenters. The SMILES string of the molecule is O=[N+]([O-])c1c(Cl)cc(I)nc1C(F)F. The second-order valence-electron chi connectivity index (χ2n) is 2.22. The molecule has 0 spiro atoms. The van der Waals surface area contributed by atoms with E-state index < -0.39 is 22.7 Å². The lowest BCUT2D eigenvalue weighted by Gasteiger charge is -2.02. The van der Waals surface area contributed by atoms with Gasteiger partial charge in [0.15, 0.2) is 5.69 Å². The summed E-state index contributed by atoms with van der Waals surface area (Å²) in [5.41, 5.74) is -1.73. The van der Waals surface area contributed by atoms with Gasteiger partial charge in [0.25, 0.3) is 6.43 Å². The third kappa shape index (κ3) is 2.27. The average Bonchev–Trinajstić information content (AvgIpc) is 2.01. The zero-order valence-corrected chi connectivity index (χ0v) is 9.29. The summed E-state index contributed by atoms with van der Waals surface area (Å²) in [6.07, 6.45) is -3.01. The molecule has 4 nitrogen and oxygen atoms in total. The van der Waals surface area contributed by atoms with Gasteiger partial charge in [0, 0.05) is 0 Å². The molecule has 1 heterocycles. The van der Waals surface area contributed by atoms with E-state index in [1.165, 1.54) is 0 Å². The minimum Gasteiger partial charge on any atom is -0.258 e. The van der Waals surface area contributed by atoms with Crippen LogP contribution in [0.1, 0.15) is 12.1 Å². The summed E-state index contributed by atoms with van der Waals surface area (Å²) in [6, 6.07) is 1.16. The summed E-state index contributed by atoms with van der Waals surface area (Å²) in [6.45, 7) is 0. The molecule has 0 radical (unpaired) electrons. The summed E-state index contributed by atoms with van der Waals surface area (Å²) in [5.74, 6) is 0. The minimum atomic E-state index is -3.01. The van der Waals surface area contributed by atoms with Crippen molar-refractivity contribution >= 4 is 39.9 Å². The Morgan fingerprint density at radius 3 is 2.64 bits per heavy atom. The Morgan fingerprint density at radius 2 is 2.21 bits per heavy atom. The van der Waals surface area contributed by atoms with Gasteiger partial charge in [-0.15, -0.1) is 0 Å². The van der Waals surface area contributed by atoms with Crippen LogP contribution in [0.15, 0.2) is 6.07 Å². The number of pyridine rings is 1. The van der Waals surface area contributed by atoms with Crippen molar-refractivity contribution < 1.29 is 13.7 Å². The van der Waals surface area contributed by atoms with Gasteiger partial charge >= 0.3 is 5.69 Å². The molecule has 0 aliphatic rings. The Morgan fingerprint density at radius 1 is 1.64 bits per heavy atom. The van der Waals surface area contributed by atoms with E-state index in [0.29, 0.717) is 0 Å². The number of nitrogens with zero attached hydrogens (tertiary/aromatic N) is 2. The largest absolute Gasteiger partial charge is 0.315 e. The molecular weight excluding hydrogens is 332 g/mol. The summed E-state index contributed by atoms with van der Waals surface area (Å²) in [4.78, 5) is 12.8. The van der Waals surface area contributed by atoms with Crippen molar-refractivity contribution in [1.29, 1.82) is 0 Å². The van der Waals surface area contributed by atoms with Gasteiger partial charge in [0.1, 0.15) is 8.72 Å². The molecule has 0 aliphatic carbocycles. The molecule has 1 aromatic rings. The first kappa shape index (κ1) is 11.5. The maximum Gasteiger partial charge on any atom is 0.315 e. The van der Waals surface area contributed by atoms with Gasteiger partial charge in [0.05, 0.1) is 4.92 Å². The maximum absolute atomic E-state index is 12.3. The molecule has 76 valence electrons. The van der Waals surface area contributed by atoms with Crippen LogP contribution in [0, 0.1) is 13.8 Å². The van der Waals surface area contributed by atoms with Gasteiger partial charge in [-0.05, 0) is 28.7 Å². The number of hydrogen-bond acceptors (Lipinski definition) is 3. The summed E-state index contributed by atoms with van der Waals surface area (Å²) >= 11 is 7.11. The first-order valence-corrected chi connectivity index (χ1v) is 4.67. The molecule has 0 aliphatic heterocycles. The van der Waals surface area contributed by atoms with Gasteiger partial charge in [-0.1, -0.05) is 11.6 Å². The lowest BCUT2D eigenvalue weighted by Crippen LogP contribution is -2.01.